The number of hydrogen-bond acceptors (Lipinski definition) is 10. The molecule has 1 aromatic heterocycles. The molecule has 3 atom stereocenters. The van der Waals surface area contributed by atoms with Gasteiger partial charge in [-0.3, -0.25) is 24.3 Å². The van der Waals surface area contributed by atoms with Crippen LogP contribution in [0.25, 0.3) is 17.2 Å². The van der Waals surface area contributed by atoms with E-state index in [1.807, 2.05) is 51.4 Å². The summed E-state index contributed by atoms with van der Waals surface area (Å²) in [4.78, 5) is 46.9. The van der Waals surface area contributed by atoms with Gasteiger partial charge < -0.3 is 25.9 Å². The predicted molar refractivity (Wildman–Crippen MR) is 296 cm³/mol. The fourth-order valence-electron chi connectivity index (χ4n) is 10.5. The van der Waals surface area contributed by atoms with Crippen LogP contribution < -0.4 is 21.5 Å². The van der Waals surface area contributed by atoms with Crippen molar-refractivity contribution in [2.24, 2.45) is 5.92 Å². The van der Waals surface area contributed by atoms with Gasteiger partial charge in [0.05, 0.1) is 18.3 Å². The number of likely N-dealkylation sites (tertiary alicyclic amines) is 2. The number of amides is 1. The highest BCUT2D eigenvalue weighted by Gasteiger charge is 2.28. The Balaban J connectivity index is 0.000000223. The molecule has 6 heterocycles. The van der Waals surface area contributed by atoms with Gasteiger partial charge in [0.1, 0.15) is 6.04 Å². The van der Waals surface area contributed by atoms with Crippen LogP contribution in [0, 0.1) is 12.8 Å². The molecule has 0 spiro atoms. The summed E-state index contributed by atoms with van der Waals surface area (Å²) in [6, 6.07) is 17.2. The van der Waals surface area contributed by atoms with Gasteiger partial charge in [-0.1, -0.05) is 88.9 Å². The molecule has 0 saturated carbocycles. The minimum absolute atomic E-state index is 0.0899. The van der Waals surface area contributed by atoms with Gasteiger partial charge in [-0.15, -0.1) is 0 Å². The van der Waals surface area contributed by atoms with Crippen LogP contribution in [0.5, 0.6) is 0 Å². The number of Topliss-reactive ketones (excluding diaryl/α,β-unsaturated/α-hetero) is 2. The number of benzene rings is 2. The van der Waals surface area contributed by atoms with E-state index in [9.17, 15) is 14.4 Å². The summed E-state index contributed by atoms with van der Waals surface area (Å²) in [6.45, 7) is 28.4. The summed E-state index contributed by atoms with van der Waals surface area (Å²) in [7, 11) is 2.03. The molecule has 3 unspecified atom stereocenters. The monoisotopic (exact) mass is 971 g/mol. The van der Waals surface area contributed by atoms with E-state index < -0.39 is 0 Å². The highest BCUT2D eigenvalue weighted by molar-refractivity contribution is 5.94. The topological polar surface area (TPSA) is 122 Å². The zero-order valence-corrected chi connectivity index (χ0v) is 45.6. The summed E-state index contributed by atoms with van der Waals surface area (Å²) >= 11 is 0. The number of aryl methyl sites for hydroxylation is 1. The molecular formula is C60H90N8O3. The van der Waals surface area contributed by atoms with Crippen molar-refractivity contribution in [3.8, 4) is 11.1 Å². The molecule has 0 radical (unpaired) electrons. The minimum atomic E-state index is -0.319. The molecule has 5 aliphatic rings. The fourth-order valence-corrected chi connectivity index (χ4v) is 10.5. The zero-order chi connectivity index (χ0) is 51.5. The van der Waals surface area contributed by atoms with E-state index in [1.54, 1.807) is 6.92 Å². The molecule has 1 amide bonds. The molecule has 0 aliphatic carbocycles. The Morgan fingerprint density at radius 2 is 1.58 bits per heavy atom. The number of allylic oxidation sites excluding steroid dienone is 3. The van der Waals surface area contributed by atoms with Crippen LogP contribution in [0.3, 0.4) is 0 Å². The van der Waals surface area contributed by atoms with Crippen molar-refractivity contribution in [1.82, 2.24) is 35.7 Å². The Morgan fingerprint density at radius 3 is 2.24 bits per heavy atom. The Morgan fingerprint density at radius 1 is 0.887 bits per heavy atom. The lowest BCUT2D eigenvalue weighted by Gasteiger charge is -2.37. The number of rotatable bonds is 14. The molecule has 5 aliphatic heterocycles. The zero-order valence-electron chi connectivity index (χ0n) is 45.6. The van der Waals surface area contributed by atoms with Gasteiger partial charge in [-0.05, 0) is 177 Å². The number of fused-ring (bicyclic) bond motifs is 1. The second-order valence-electron chi connectivity index (χ2n) is 20.3. The third kappa shape index (κ3) is 16.5. The molecule has 3 saturated heterocycles. The van der Waals surface area contributed by atoms with Crippen molar-refractivity contribution in [3.63, 3.8) is 0 Å². The highest BCUT2D eigenvalue weighted by Crippen LogP contribution is 2.34. The first-order valence-corrected chi connectivity index (χ1v) is 27.3. The van der Waals surface area contributed by atoms with Gasteiger partial charge >= 0.3 is 0 Å². The number of carbonyl (C=O) groups excluding carboxylic acids is 3. The van der Waals surface area contributed by atoms with E-state index in [0.29, 0.717) is 24.8 Å². The number of piperidine rings is 2. The normalized spacial score (nSPS) is 20.3. The lowest BCUT2D eigenvalue weighted by molar-refractivity contribution is -0.124. The van der Waals surface area contributed by atoms with Gasteiger partial charge in [0.2, 0.25) is 5.91 Å². The van der Waals surface area contributed by atoms with Crippen molar-refractivity contribution in [3.05, 3.63) is 112 Å². The van der Waals surface area contributed by atoms with E-state index >= 15 is 0 Å². The van der Waals surface area contributed by atoms with Gasteiger partial charge in [0.25, 0.3) is 0 Å². The van der Waals surface area contributed by atoms with Crippen molar-refractivity contribution in [1.29, 1.82) is 0 Å². The number of carbonyl (C=O) groups is 3. The van der Waals surface area contributed by atoms with Crippen molar-refractivity contribution in [2.75, 3.05) is 51.7 Å². The van der Waals surface area contributed by atoms with E-state index in [1.165, 1.54) is 104 Å². The summed E-state index contributed by atoms with van der Waals surface area (Å²) in [5.41, 5.74) is 19.3. The Kier molecular flexibility index (Phi) is 23.1. The summed E-state index contributed by atoms with van der Waals surface area (Å²) < 4.78 is 0. The number of anilines is 1. The maximum Gasteiger partial charge on any atom is 0.242 e. The molecule has 11 nitrogen and oxygen atoms in total. The van der Waals surface area contributed by atoms with Crippen molar-refractivity contribution in [2.45, 2.75) is 170 Å². The van der Waals surface area contributed by atoms with Gasteiger partial charge in [-0.2, -0.15) is 0 Å². The number of nitrogens with one attached hydrogen (secondary N) is 4. The third-order valence-electron chi connectivity index (χ3n) is 15.3. The lowest BCUT2D eigenvalue weighted by Crippen LogP contribution is -2.46. The SMILES string of the molecule is CC.CC(=O)c1ccc(C2CCN(C(C)/C(C)=C/c3c(-c4ccc5c(c4)CNN5)ccnc3C)CC2)cc1.CC1=CC=C(NC2CCC(=O)CNC2=O)C(C)N1C.CCCC(CCC)CN1CCCCC1. The molecule has 2 aromatic carbocycles. The van der Waals surface area contributed by atoms with E-state index in [2.05, 4.69) is 132 Å². The summed E-state index contributed by atoms with van der Waals surface area (Å²) in [5, 5.41) is 5.94. The van der Waals surface area contributed by atoms with E-state index in [0.717, 1.165) is 61.0 Å². The lowest BCUT2D eigenvalue weighted by atomic mass is 9.87. The summed E-state index contributed by atoms with van der Waals surface area (Å²) in [6.07, 6.45) is 21.5. The third-order valence-corrected chi connectivity index (χ3v) is 15.3. The van der Waals surface area contributed by atoms with Gasteiger partial charge in [-0.25, -0.2) is 5.43 Å². The largest absolute Gasteiger partial charge is 0.375 e. The van der Waals surface area contributed by atoms with Crippen LogP contribution in [0.2, 0.25) is 0 Å². The second-order valence-corrected chi connectivity index (χ2v) is 20.3. The molecule has 388 valence electrons. The number of hydrogen-bond donors (Lipinski definition) is 4. The Hall–Kier alpha value is -5.10. The smallest absolute Gasteiger partial charge is 0.242 e. The number of pyridine rings is 1. The molecule has 71 heavy (non-hydrogen) atoms. The van der Waals surface area contributed by atoms with Gasteiger partial charge in [0.15, 0.2) is 11.6 Å². The number of ketones is 2. The molecule has 11 heteroatoms. The Labute approximate surface area is 428 Å². The van der Waals surface area contributed by atoms with Crippen LogP contribution >= 0.6 is 0 Å². The van der Waals surface area contributed by atoms with E-state index in [-0.39, 0.29) is 36.1 Å². The average Bonchev–Trinajstić information content (AvgIpc) is 3.81. The van der Waals surface area contributed by atoms with Crippen LogP contribution in [-0.2, 0) is 16.1 Å². The quantitative estimate of drug-likeness (QED) is 0.116. The average molecular weight is 971 g/mol. The Bertz CT molecular complexity index is 2260. The van der Waals surface area contributed by atoms with Crippen LogP contribution in [-0.4, -0.2) is 102 Å². The first-order valence-electron chi connectivity index (χ1n) is 27.3. The maximum absolute atomic E-state index is 11.9. The minimum Gasteiger partial charge on any atom is -0.375 e. The molecule has 8 rings (SSSR count). The second kappa shape index (κ2) is 28.8. The molecule has 4 N–H and O–H groups in total. The van der Waals surface area contributed by atoms with Gasteiger partial charge in [0, 0.05) is 67.0 Å². The first-order chi connectivity index (χ1) is 34.3. The maximum atomic E-state index is 11.9. The number of likely N-dealkylation sites (N-methyl/N-ethyl adjacent to an activating group) is 1. The van der Waals surface area contributed by atoms with Crippen LogP contribution in [0.15, 0.2) is 83.8 Å². The number of aromatic nitrogens is 1. The predicted octanol–water partition coefficient (Wildman–Crippen LogP) is 11.6. The first kappa shape index (κ1) is 56.8. The molecule has 3 aromatic rings. The fraction of sp³-hybridized carbons (Fsp3) is 0.567. The van der Waals surface area contributed by atoms with Crippen molar-refractivity contribution >= 4 is 29.2 Å². The summed E-state index contributed by atoms with van der Waals surface area (Å²) in [5.74, 6) is 1.67. The standard InChI is InChI=1S/C31H36N4O.C14H21N3O2.C13H27N.C2H6/c1-20(22(3)35-15-12-26(13-16-35)25-7-5-24(6-8-25)23(4)36)17-30-21(2)32-14-11-29(30)27-9-10-31-28(18-27)19-33-34-31;1-9-4-6-12(10(2)17(9)3)16-13-7-5-11(18)8-15-14(13)19;1-3-8-13(9-4-2)12-14-10-6-5-7-11-14;1-2/h5-11,14,17-18,22,26,33-34H,12-13,15-16,19H2,1-4H3;4,6,10,13,16H,5,7-8H2,1-3H3,(H,15,19);13H,3-12H2,1-2H3;1-2H3/b20-17+;;;. The highest BCUT2D eigenvalue weighted by atomic mass is 16.2. The van der Waals surface area contributed by atoms with Crippen molar-refractivity contribution < 1.29 is 14.4 Å². The number of nitrogens with zero attached hydrogens (tertiary/aromatic N) is 4. The van der Waals surface area contributed by atoms with E-state index in [4.69, 9.17) is 0 Å². The molecule has 3 fully saturated rings. The van der Waals surface area contributed by atoms with Crippen LogP contribution in [0.4, 0.5) is 5.69 Å². The van der Waals surface area contributed by atoms with Crippen LogP contribution in [0.1, 0.15) is 172 Å². The number of hydrazine groups is 1. The molecular weight excluding hydrogens is 881 g/mol. The molecule has 0 bridgehead atoms.